The molecule has 3 aromatic rings. The molecule has 0 aliphatic carbocycles. The molecule has 1 aromatic heterocycles. The molecule has 0 radical (unpaired) electrons. The van der Waals surface area contributed by atoms with E-state index in [9.17, 15) is 4.79 Å². The zero-order valence-electron chi connectivity index (χ0n) is 16.5. The molecule has 0 aliphatic heterocycles. The molecule has 0 saturated carbocycles. The Bertz CT molecular complexity index is 937. The second kappa shape index (κ2) is 9.53. The fourth-order valence-corrected chi connectivity index (χ4v) is 2.98. The lowest BCUT2D eigenvalue weighted by Crippen LogP contribution is -2.31. The van der Waals surface area contributed by atoms with Crippen LogP contribution in [-0.4, -0.2) is 28.8 Å². The highest BCUT2D eigenvalue weighted by Gasteiger charge is 2.20. The molecular formula is C22H27ClN4O. The number of carbonyl (C=O) groups is 1. The van der Waals surface area contributed by atoms with E-state index in [0.29, 0.717) is 24.3 Å². The quantitative estimate of drug-likeness (QED) is 0.661. The number of carbonyl (C=O) groups excluding carboxylic acids is 1. The first-order valence-corrected chi connectivity index (χ1v) is 9.20. The van der Waals surface area contributed by atoms with Crippen LogP contribution in [0.3, 0.4) is 0 Å². The highest BCUT2D eigenvalue weighted by atomic mass is 35.5. The molecule has 1 atom stereocenters. The van der Waals surface area contributed by atoms with Crippen molar-refractivity contribution >= 4 is 18.3 Å². The number of aryl methyl sites for hydroxylation is 2. The van der Waals surface area contributed by atoms with Crippen LogP contribution in [-0.2, 0) is 0 Å². The summed E-state index contributed by atoms with van der Waals surface area (Å²) in [5.41, 5.74) is 11.1. The van der Waals surface area contributed by atoms with Gasteiger partial charge < -0.3 is 11.1 Å². The van der Waals surface area contributed by atoms with Gasteiger partial charge in [-0.05, 0) is 44.0 Å². The summed E-state index contributed by atoms with van der Waals surface area (Å²) in [5.74, 6) is 0.0927. The van der Waals surface area contributed by atoms with Gasteiger partial charge in [-0.2, -0.15) is 5.10 Å². The maximum atomic E-state index is 12.9. The van der Waals surface area contributed by atoms with Crippen LogP contribution in [0.15, 0.2) is 54.7 Å². The van der Waals surface area contributed by atoms with E-state index < -0.39 is 0 Å². The minimum Gasteiger partial charge on any atom is -0.352 e. The normalized spacial score (nSPS) is 11.6. The summed E-state index contributed by atoms with van der Waals surface area (Å²) < 4.78 is 1.76. The van der Waals surface area contributed by atoms with E-state index in [1.54, 1.807) is 10.9 Å². The van der Waals surface area contributed by atoms with Crippen molar-refractivity contribution in [3.63, 3.8) is 0 Å². The number of nitrogens with zero attached hydrogens (tertiary/aromatic N) is 2. The third-order valence-electron chi connectivity index (χ3n) is 4.63. The largest absolute Gasteiger partial charge is 0.352 e. The molecule has 5 nitrogen and oxygen atoms in total. The molecule has 148 valence electrons. The number of nitrogens with two attached hydrogens (primary N) is 1. The first-order chi connectivity index (χ1) is 13.0. The Morgan fingerprint density at radius 1 is 1.18 bits per heavy atom. The van der Waals surface area contributed by atoms with E-state index in [1.165, 1.54) is 5.56 Å². The summed E-state index contributed by atoms with van der Waals surface area (Å²) in [4.78, 5) is 12.9. The number of aromatic nitrogens is 2. The molecule has 0 aliphatic rings. The predicted octanol–water partition coefficient (Wildman–Crippen LogP) is 3.90. The van der Waals surface area contributed by atoms with Crippen LogP contribution in [0.5, 0.6) is 0 Å². The smallest absolute Gasteiger partial charge is 0.255 e. The Balaban J connectivity index is 0.00000280. The van der Waals surface area contributed by atoms with Gasteiger partial charge >= 0.3 is 0 Å². The van der Waals surface area contributed by atoms with E-state index in [1.807, 2.05) is 56.3 Å². The Hall–Kier alpha value is -2.63. The highest BCUT2D eigenvalue weighted by molar-refractivity contribution is 6.00. The van der Waals surface area contributed by atoms with Gasteiger partial charge in [0.15, 0.2) is 0 Å². The molecule has 1 amide bonds. The SMILES string of the molecule is Cc1ccc(-c2nn(-c3ccccc3)cc2C(=O)NCC(C)CN)c(C)c1.Cl. The fourth-order valence-electron chi connectivity index (χ4n) is 2.98. The molecule has 1 heterocycles. The summed E-state index contributed by atoms with van der Waals surface area (Å²) in [5, 5.41) is 7.72. The Kier molecular flexibility index (Phi) is 7.38. The highest BCUT2D eigenvalue weighted by Crippen LogP contribution is 2.27. The van der Waals surface area contributed by atoms with Gasteiger partial charge in [-0.15, -0.1) is 12.4 Å². The number of halogens is 1. The second-order valence-corrected chi connectivity index (χ2v) is 7.04. The van der Waals surface area contributed by atoms with Gasteiger partial charge in [0, 0.05) is 18.3 Å². The zero-order chi connectivity index (χ0) is 19.4. The van der Waals surface area contributed by atoms with Gasteiger partial charge in [0.25, 0.3) is 5.91 Å². The van der Waals surface area contributed by atoms with Crippen molar-refractivity contribution in [2.75, 3.05) is 13.1 Å². The first kappa shape index (κ1) is 21.7. The standard InChI is InChI=1S/C22H26N4O.ClH/c1-15-9-10-19(17(3)11-15)21-20(22(27)24-13-16(2)12-23)14-26(25-21)18-7-5-4-6-8-18;/h4-11,14,16H,12-13,23H2,1-3H3,(H,24,27);1H. The summed E-state index contributed by atoms with van der Waals surface area (Å²) in [7, 11) is 0. The predicted molar refractivity (Wildman–Crippen MR) is 116 cm³/mol. The number of rotatable bonds is 6. The molecular weight excluding hydrogens is 372 g/mol. The Labute approximate surface area is 172 Å². The number of benzene rings is 2. The average molecular weight is 399 g/mol. The van der Waals surface area contributed by atoms with Gasteiger partial charge in [-0.3, -0.25) is 4.79 Å². The van der Waals surface area contributed by atoms with Crippen LogP contribution in [0.25, 0.3) is 16.9 Å². The molecule has 0 bridgehead atoms. The molecule has 1 unspecified atom stereocenters. The van der Waals surface area contributed by atoms with Crippen LogP contribution in [0.2, 0.25) is 0 Å². The number of hydrogen-bond acceptors (Lipinski definition) is 3. The van der Waals surface area contributed by atoms with Gasteiger partial charge in [0.2, 0.25) is 0 Å². The van der Waals surface area contributed by atoms with Gasteiger partial charge in [-0.1, -0.05) is 48.9 Å². The average Bonchev–Trinajstić information content (AvgIpc) is 3.11. The lowest BCUT2D eigenvalue weighted by molar-refractivity contribution is 0.0949. The van der Waals surface area contributed by atoms with Crippen molar-refractivity contribution in [2.24, 2.45) is 11.7 Å². The summed E-state index contributed by atoms with van der Waals surface area (Å²) in [6, 6.07) is 16.0. The van der Waals surface area contributed by atoms with Crippen molar-refractivity contribution in [1.29, 1.82) is 0 Å². The molecule has 2 aromatic carbocycles. The topological polar surface area (TPSA) is 72.9 Å². The van der Waals surface area contributed by atoms with E-state index >= 15 is 0 Å². The van der Waals surface area contributed by atoms with Crippen LogP contribution in [0, 0.1) is 19.8 Å². The first-order valence-electron chi connectivity index (χ1n) is 9.20. The molecule has 0 spiro atoms. The molecule has 6 heteroatoms. The minimum atomic E-state index is -0.132. The zero-order valence-corrected chi connectivity index (χ0v) is 17.3. The van der Waals surface area contributed by atoms with Crippen LogP contribution in [0.4, 0.5) is 0 Å². The second-order valence-electron chi connectivity index (χ2n) is 7.04. The van der Waals surface area contributed by atoms with E-state index in [0.717, 1.165) is 16.8 Å². The minimum absolute atomic E-state index is 0. The molecule has 0 fully saturated rings. The molecule has 3 N–H and O–H groups in total. The van der Waals surface area contributed by atoms with E-state index in [-0.39, 0.29) is 24.2 Å². The number of para-hydroxylation sites is 1. The fraction of sp³-hybridized carbons (Fsp3) is 0.273. The third-order valence-corrected chi connectivity index (χ3v) is 4.63. The van der Waals surface area contributed by atoms with Crippen molar-refractivity contribution in [1.82, 2.24) is 15.1 Å². The van der Waals surface area contributed by atoms with Crippen molar-refractivity contribution in [3.05, 3.63) is 71.4 Å². The Morgan fingerprint density at radius 2 is 1.89 bits per heavy atom. The maximum Gasteiger partial charge on any atom is 0.255 e. The molecule has 3 rings (SSSR count). The maximum absolute atomic E-state index is 12.9. The third kappa shape index (κ3) is 4.80. The van der Waals surface area contributed by atoms with Crippen LogP contribution >= 0.6 is 12.4 Å². The van der Waals surface area contributed by atoms with Crippen LogP contribution in [0.1, 0.15) is 28.4 Å². The van der Waals surface area contributed by atoms with Gasteiger partial charge in [-0.25, -0.2) is 4.68 Å². The van der Waals surface area contributed by atoms with Crippen molar-refractivity contribution in [2.45, 2.75) is 20.8 Å². The van der Waals surface area contributed by atoms with Crippen molar-refractivity contribution < 1.29 is 4.79 Å². The Morgan fingerprint density at radius 3 is 2.54 bits per heavy atom. The number of hydrogen-bond donors (Lipinski definition) is 2. The number of amides is 1. The lowest BCUT2D eigenvalue weighted by atomic mass is 10.0. The summed E-state index contributed by atoms with van der Waals surface area (Å²) in [6.45, 7) is 7.19. The monoisotopic (exact) mass is 398 g/mol. The lowest BCUT2D eigenvalue weighted by Gasteiger charge is -2.11. The van der Waals surface area contributed by atoms with Gasteiger partial charge in [0.05, 0.1) is 11.3 Å². The van der Waals surface area contributed by atoms with Crippen LogP contribution < -0.4 is 11.1 Å². The molecule has 28 heavy (non-hydrogen) atoms. The van der Waals surface area contributed by atoms with E-state index in [2.05, 4.69) is 18.3 Å². The van der Waals surface area contributed by atoms with Crippen molar-refractivity contribution in [3.8, 4) is 16.9 Å². The molecule has 0 saturated heterocycles. The van der Waals surface area contributed by atoms with Gasteiger partial charge in [0.1, 0.15) is 5.69 Å². The van der Waals surface area contributed by atoms with E-state index in [4.69, 9.17) is 10.8 Å². The number of nitrogens with one attached hydrogen (secondary N) is 1. The summed E-state index contributed by atoms with van der Waals surface area (Å²) in [6.07, 6.45) is 1.80. The summed E-state index contributed by atoms with van der Waals surface area (Å²) >= 11 is 0.